The van der Waals surface area contributed by atoms with Crippen molar-refractivity contribution in [3.8, 4) is 0 Å². The topological polar surface area (TPSA) is 75.3 Å². The number of benzene rings is 2. The van der Waals surface area contributed by atoms with E-state index in [4.69, 9.17) is 0 Å². The van der Waals surface area contributed by atoms with Crippen molar-refractivity contribution in [3.63, 3.8) is 0 Å². The average molecular weight is 326 g/mol. The normalized spacial score (nSPS) is 16.1. The van der Waals surface area contributed by atoms with E-state index in [2.05, 4.69) is 10.6 Å². The van der Waals surface area contributed by atoms with Gasteiger partial charge in [0.15, 0.2) is 5.78 Å². The zero-order chi connectivity index (χ0) is 17.3. The molecule has 0 radical (unpaired) electrons. The van der Waals surface area contributed by atoms with Crippen molar-refractivity contribution in [1.82, 2.24) is 0 Å². The fraction of sp³-hybridized carbons (Fsp3) is 0.167. The van der Waals surface area contributed by atoms with Crippen LogP contribution in [0, 0.1) is 5.82 Å². The van der Waals surface area contributed by atoms with Crippen LogP contribution in [0.3, 0.4) is 0 Å². The molecule has 1 heterocycles. The Balaban J connectivity index is 1.87. The number of fused-ring (bicyclic) bond motifs is 1. The fourth-order valence-electron chi connectivity index (χ4n) is 2.72. The van der Waals surface area contributed by atoms with Crippen LogP contribution in [0.25, 0.3) is 0 Å². The number of carbonyl (C=O) groups is 3. The Morgan fingerprint density at radius 2 is 2.00 bits per heavy atom. The Morgan fingerprint density at radius 1 is 1.21 bits per heavy atom. The molecule has 0 spiro atoms. The van der Waals surface area contributed by atoms with Gasteiger partial charge in [-0.2, -0.15) is 0 Å². The molecule has 2 aromatic carbocycles. The van der Waals surface area contributed by atoms with Crippen molar-refractivity contribution >= 4 is 29.0 Å². The van der Waals surface area contributed by atoms with Gasteiger partial charge in [-0.3, -0.25) is 14.4 Å². The van der Waals surface area contributed by atoms with E-state index in [1.807, 2.05) is 0 Å². The Labute approximate surface area is 137 Å². The molecule has 2 amide bonds. The third-order valence-electron chi connectivity index (χ3n) is 3.91. The van der Waals surface area contributed by atoms with Gasteiger partial charge in [-0.25, -0.2) is 4.39 Å². The maximum atomic E-state index is 13.3. The number of Topliss-reactive ketones (excluding diaryl/α,β-unsaturated/α-hetero) is 1. The largest absolute Gasteiger partial charge is 0.326 e. The number of carbonyl (C=O) groups excluding carboxylic acids is 3. The maximum Gasteiger partial charge on any atom is 0.232 e. The van der Waals surface area contributed by atoms with Crippen molar-refractivity contribution in [3.05, 3.63) is 59.4 Å². The molecular weight excluding hydrogens is 311 g/mol. The summed E-state index contributed by atoms with van der Waals surface area (Å²) in [4.78, 5) is 35.8. The van der Waals surface area contributed by atoms with Crippen molar-refractivity contribution in [2.75, 3.05) is 10.6 Å². The molecule has 122 valence electrons. The number of amides is 2. The molecule has 0 fully saturated rings. The molecule has 0 bridgehead atoms. The lowest BCUT2D eigenvalue weighted by Gasteiger charge is -2.25. The summed E-state index contributed by atoms with van der Waals surface area (Å²) in [5.74, 6) is -2.02. The van der Waals surface area contributed by atoms with Gasteiger partial charge in [0.25, 0.3) is 0 Å². The highest BCUT2D eigenvalue weighted by Crippen LogP contribution is 2.33. The van der Waals surface area contributed by atoms with Crippen molar-refractivity contribution in [2.24, 2.45) is 0 Å². The molecular formula is C18H15FN2O3. The van der Waals surface area contributed by atoms with Crippen LogP contribution in [-0.2, 0) is 9.59 Å². The van der Waals surface area contributed by atoms with Crippen LogP contribution in [0.15, 0.2) is 42.5 Å². The predicted octanol–water partition coefficient (Wildman–Crippen LogP) is 3.09. The number of halogens is 1. The Morgan fingerprint density at radius 3 is 2.75 bits per heavy atom. The maximum absolute atomic E-state index is 13.3. The van der Waals surface area contributed by atoms with E-state index in [1.54, 1.807) is 24.3 Å². The van der Waals surface area contributed by atoms with Gasteiger partial charge in [-0.05, 0) is 36.8 Å². The van der Waals surface area contributed by atoms with Crippen LogP contribution >= 0.6 is 0 Å². The molecule has 1 aliphatic heterocycles. The summed E-state index contributed by atoms with van der Waals surface area (Å²) in [7, 11) is 0. The van der Waals surface area contributed by atoms with Gasteiger partial charge in [-0.15, -0.1) is 0 Å². The molecule has 0 aromatic heterocycles. The molecule has 0 saturated heterocycles. The second kappa shape index (κ2) is 6.23. The van der Waals surface area contributed by atoms with Crippen LogP contribution < -0.4 is 10.6 Å². The third kappa shape index (κ3) is 3.17. The summed E-state index contributed by atoms with van der Waals surface area (Å²) < 4.78 is 13.3. The highest BCUT2D eigenvalue weighted by Gasteiger charge is 2.31. The van der Waals surface area contributed by atoms with Crippen LogP contribution in [0.1, 0.15) is 35.2 Å². The predicted molar refractivity (Wildman–Crippen MR) is 87.5 cm³/mol. The summed E-state index contributed by atoms with van der Waals surface area (Å²) in [6, 6.07) is 10.5. The van der Waals surface area contributed by atoms with Crippen LogP contribution in [0.5, 0.6) is 0 Å². The average Bonchev–Trinajstić information content (AvgIpc) is 2.53. The quantitative estimate of drug-likeness (QED) is 0.851. The van der Waals surface area contributed by atoms with Gasteiger partial charge < -0.3 is 10.6 Å². The zero-order valence-corrected chi connectivity index (χ0v) is 12.9. The molecule has 1 aliphatic rings. The van der Waals surface area contributed by atoms with Gasteiger partial charge in [0.05, 0.1) is 5.92 Å². The second-order valence-electron chi connectivity index (χ2n) is 5.66. The first-order chi connectivity index (χ1) is 11.4. The zero-order valence-electron chi connectivity index (χ0n) is 12.9. The van der Waals surface area contributed by atoms with Crippen molar-refractivity contribution in [2.45, 2.75) is 19.3 Å². The molecule has 5 nitrogen and oxygen atoms in total. The molecule has 2 N–H and O–H groups in total. The lowest BCUT2D eigenvalue weighted by atomic mass is 9.89. The monoisotopic (exact) mass is 326 g/mol. The minimum absolute atomic E-state index is 0.0170. The standard InChI is InChI=1S/C18H15FN2O3/c1-10(22)11-3-2-4-13(7-11)20-18(24)15-9-17(23)21-16-8-12(19)5-6-14(15)16/h2-8,15H,9H2,1H3,(H,20,24)(H,21,23)/t15-/m0/s1. The minimum atomic E-state index is -0.713. The van der Waals surface area contributed by atoms with E-state index in [1.165, 1.54) is 25.1 Å². The van der Waals surface area contributed by atoms with Crippen molar-refractivity contribution < 1.29 is 18.8 Å². The van der Waals surface area contributed by atoms with E-state index < -0.39 is 11.7 Å². The summed E-state index contributed by atoms with van der Waals surface area (Å²) in [5, 5.41) is 5.29. The number of hydrogen-bond acceptors (Lipinski definition) is 3. The highest BCUT2D eigenvalue weighted by molar-refractivity contribution is 6.05. The molecule has 0 saturated carbocycles. The SMILES string of the molecule is CC(=O)c1cccc(NC(=O)[C@H]2CC(=O)Nc3cc(F)ccc32)c1. The smallest absolute Gasteiger partial charge is 0.232 e. The highest BCUT2D eigenvalue weighted by atomic mass is 19.1. The van der Waals surface area contributed by atoms with E-state index in [-0.39, 0.29) is 24.0 Å². The molecule has 1 atom stereocenters. The summed E-state index contributed by atoms with van der Waals surface area (Å²) in [5.41, 5.74) is 1.83. The Hall–Kier alpha value is -3.02. The number of rotatable bonds is 3. The summed E-state index contributed by atoms with van der Waals surface area (Å²) in [6.07, 6.45) is -0.0170. The van der Waals surface area contributed by atoms with Crippen LogP contribution in [-0.4, -0.2) is 17.6 Å². The van der Waals surface area contributed by atoms with Gasteiger partial charge >= 0.3 is 0 Å². The minimum Gasteiger partial charge on any atom is -0.326 e. The van der Waals surface area contributed by atoms with Crippen molar-refractivity contribution in [1.29, 1.82) is 0 Å². The van der Waals surface area contributed by atoms with E-state index in [0.717, 1.165) is 0 Å². The second-order valence-corrected chi connectivity index (χ2v) is 5.66. The number of ketones is 1. The van der Waals surface area contributed by atoms with Gasteiger partial charge in [0, 0.05) is 23.4 Å². The van der Waals surface area contributed by atoms with Gasteiger partial charge in [0.1, 0.15) is 5.82 Å². The van der Waals surface area contributed by atoms with Gasteiger partial charge in [-0.1, -0.05) is 18.2 Å². The lowest BCUT2D eigenvalue weighted by Crippen LogP contribution is -2.30. The molecule has 24 heavy (non-hydrogen) atoms. The fourth-order valence-corrected chi connectivity index (χ4v) is 2.72. The summed E-state index contributed by atoms with van der Waals surface area (Å²) >= 11 is 0. The Bertz CT molecular complexity index is 848. The summed E-state index contributed by atoms with van der Waals surface area (Å²) in [6.45, 7) is 1.44. The third-order valence-corrected chi connectivity index (χ3v) is 3.91. The van der Waals surface area contributed by atoms with E-state index in [0.29, 0.717) is 22.5 Å². The molecule has 0 aliphatic carbocycles. The van der Waals surface area contributed by atoms with Crippen LogP contribution in [0.2, 0.25) is 0 Å². The first-order valence-corrected chi connectivity index (χ1v) is 7.45. The van der Waals surface area contributed by atoms with Crippen LogP contribution in [0.4, 0.5) is 15.8 Å². The number of nitrogens with one attached hydrogen (secondary N) is 2. The number of hydrogen-bond donors (Lipinski definition) is 2. The number of anilines is 2. The molecule has 2 aromatic rings. The molecule has 6 heteroatoms. The van der Waals surface area contributed by atoms with E-state index >= 15 is 0 Å². The van der Waals surface area contributed by atoms with Gasteiger partial charge in [0.2, 0.25) is 11.8 Å². The van der Waals surface area contributed by atoms with E-state index in [9.17, 15) is 18.8 Å². The molecule has 0 unspecified atom stereocenters. The Kier molecular flexibility index (Phi) is 4.12. The lowest BCUT2D eigenvalue weighted by molar-refractivity contribution is -0.123. The molecule has 3 rings (SSSR count). The first kappa shape index (κ1) is 15.9. The first-order valence-electron chi connectivity index (χ1n) is 7.45.